The van der Waals surface area contributed by atoms with Crippen LogP contribution in [0.25, 0.3) is 0 Å². The molecule has 0 aromatic rings. The zero-order valence-corrected chi connectivity index (χ0v) is 32.6. The highest BCUT2D eigenvalue weighted by Gasteiger charge is 2.45. The predicted molar refractivity (Wildman–Crippen MR) is 205 cm³/mol. The van der Waals surface area contributed by atoms with Crippen LogP contribution in [0.1, 0.15) is 205 Å². The number of aliphatic hydroxyl groups is 4. The Kier molecular flexibility index (Phi) is 33.5. The smallest absolute Gasteiger partial charge is 0.306 e. The second kappa shape index (κ2) is 35.8. The molecular weight excluding hydrogens is 648 g/mol. The molecule has 1 aliphatic rings. The SMILES string of the molecule is O=C(CCCCCCCCCCCCCCCCCO)O[C@H]1[C@@H]([C@@H](CO)OC(=O)CCCCCCCCCCCCCCCCCO)OC[C@@H]1O. The minimum atomic E-state index is -1.02. The summed E-state index contributed by atoms with van der Waals surface area (Å²) in [5.41, 5.74) is 0. The van der Waals surface area contributed by atoms with E-state index in [1.807, 2.05) is 0 Å². The summed E-state index contributed by atoms with van der Waals surface area (Å²) in [6, 6.07) is 0. The molecule has 1 aliphatic heterocycles. The molecule has 4 N–H and O–H groups in total. The van der Waals surface area contributed by atoms with Gasteiger partial charge in [0.15, 0.2) is 12.2 Å². The number of rotatable bonds is 38. The first-order valence-electron chi connectivity index (χ1n) is 21.5. The van der Waals surface area contributed by atoms with Gasteiger partial charge in [0.2, 0.25) is 0 Å². The monoisotopic (exact) mass is 729 g/mol. The average molecular weight is 729 g/mol. The van der Waals surface area contributed by atoms with Crippen LogP contribution in [0.3, 0.4) is 0 Å². The molecule has 0 radical (unpaired) electrons. The zero-order valence-electron chi connectivity index (χ0n) is 32.6. The van der Waals surface area contributed by atoms with E-state index < -0.39 is 43.0 Å². The molecule has 0 aromatic carbocycles. The van der Waals surface area contributed by atoms with Crippen LogP contribution in [0.4, 0.5) is 0 Å². The molecule has 0 bridgehead atoms. The Morgan fingerprint density at radius 1 is 0.490 bits per heavy atom. The van der Waals surface area contributed by atoms with Crippen molar-refractivity contribution in [1.29, 1.82) is 0 Å². The van der Waals surface area contributed by atoms with Gasteiger partial charge in [-0.1, -0.05) is 167 Å². The number of carbonyl (C=O) groups is 2. The first kappa shape index (κ1) is 47.8. The van der Waals surface area contributed by atoms with Gasteiger partial charge in [-0.2, -0.15) is 0 Å². The van der Waals surface area contributed by atoms with Gasteiger partial charge in [-0.3, -0.25) is 9.59 Å². The van der Waals surface area contributed by atoms with E-state index in [-0.39, 0.29) is 19.4 Å². The highest BCUT2D eigenvalue weighted by Crippen LogP contribution is 2.24. The molecule has 1 heterocycles. The van der Waals surface area contributed by atoms with E-state index in [1.54, 1.807) is 0 Å². The molecule has 302 valence electrons. The molecule has 1 saturated heterocycles. The van der Waals surface area contributed by atoms with Crippen molar-refractivity contribution >= 4 is 11.9 Å². The van der Waals surface area contributed by atoms with E-state index in [4.69, 9.17) is 24.4 Å². The summed E-state index contributed by atoms with van der Waals surface area (Å²) in [4.78, 5) is 25.1. The number of aliphatic hydroxyl groups excluding tert-OH is 4. The van der Waals surface area contributed by atoms with E-state index in [9.17, 15) is 19.8 Å². The largest absolute Gasteiger partial charge is 0.457 e. The topological polar surface area (TPSA) is 143 Å². The molecule has 4 atom stereocenters. The van der Waals surface area contributed by atoms with E-state index in [2.05, 4.69) is 0 Å². The van der Waals surface area contributed by atoms with Gasteiger partial charge in [-0.05, 0) is 25.7 Å². The van der Waals surface area contributed by atoms with E-state index in [0.29, 0.717) is 13.2 Å². The summed E-state index contributed by atoms with van der Waals surface area (Å²) in [7, 11) is 0. The van der Waals surface area contributed by atoms with Crippen molar-refractivity contribution in [1.82, 2.24) is 0 Å². The van der Waals surface area contributed by atoms with Crippen LogP contribution >= 0.6 is 0 Å². The van der Waals surface area contributed by atoms with Gasteiger partial charge in [0, 0.05) is 26.1 Å². The number of hydrogen-bond acceptors (Lipinski definition) is 9. The Balaban J connectivity index is 2.06. The molecule has 9 nitrogen and oxygen atoms in total. The van der Waals surface area contributed by atoms with Gasteiger partial charge in [-0.25, -0.2) is 0 Å². The molecule has 9 heteroatoms. The lowest BCUT2D eigenvalue weighted by Crippen LogP contribution is -2.45. The van der Waals surface area contributed by atoms with Crippen LogP contribution in [0.15, 0.2) is 0 Å². The van der Waals surface area contributed by atoms with Gasteiger partial charge in [0.25, 0.3) is 0 Å². The molecule has 0 aliphatic carbocycles. The number of hydrogen-bond donors (Lipinski definition) is 4. The third-order valence-electron chi connectivity index (χ3n) is 10.3. The third-order valence-corrected chi connectivity index (χ3v) is 10.3. The van der Waals surface area contributed by atoms with Crippen molar-refractivity contribution < 1.29 is 44.2 Å². The molecule has 0 spiro atoms. The number of carbonyl (C=O) groups excluding carboxylic acids is 2. The summed E-state index contributed by atoms with van der Waals surface area (Å²) in [6.07, 6.45) is 32.0. The van der Waals surface area contributed by atoms with Crippen molar-refractivity contribution in [3.05, 3.63) is 0 Å². The molecule has 1 rings (SSSR count). The van der Waals surface area contributed by atoms with Gasteiger partial charge in [0.05, 0.1) is 13.2 Å². The fourth-order valence-electron chi connectivity index (χ4n) is 7.09. The Bertz CT molecular complexity index is 779. The molecule has 0 unspecified atom stereocenters. The highest BCUT2D eigenvalue weighted by molar-refractivity contribution is 5.70. The summed E-state index contributed by atoms with van der Waals surface area (Å²) in [5, 5.41) is 38.0. The lowest BCUT2D eigenvalue weighted by Gasteiger charge is -2.27. The lowest BCUT2D eigenvalue weighted by atomic mass is 10.0. The third kappa shape index (κ3) is 27.9. The molecule has 1 fully saturated rings. The van der Waals surface area contributed by atoms with Crippen molar-refractivity contribution in [2.45, 2.75) is 230 Å². The second-order valence-corrected chi connectivity index (χ2v) is 15.1. The predicted octanol–water partition coefficient (Wildman–Crippen LogP) is 9.03. The van der Waals surface area contributed by atoms with Crippen molar-refractivity contribution in [3.63, 3.8) is 0 Å². The second-order valence-electron chi connectivity index (χ2n) is 15.1. The van der Waals surface area contributed by atoms with Gasteiger partial charge >= 0.3 is 11.9 Å². The Hall–Kier alpha value is -1.26. The molecule has 0 aromatic heterocycles. The maximum absolute atomic E-state index is 12.6. The summed E-state index contributed by atoms with van der Waals surface area (Å²) >= 11 is 0. The van der Waals surface area contributed by atoms with Crippen molar-refractivity contribution in [2.24, 2.45) is 0 Å². The maximum Gasteiger partial charge on any atom is 0.306 e. The van der Waals surface area contributed by atoms with Crippen LogP contribution < -0.4 is 0 Å². The minimum Gasteiger partial charge on any atom is -0.457 e. The Morgan fingerprint density at radius 3 is 1.14 bits per heavy atom. The molecule has 0 saturated carbocycles. The van der Waals surface area contributed by atoms with Gasteiger partial charge in [0.1, 0.15) is 12.2 Å². The normalized spacial score (nSPS) is 17.9. The van der Waals surface area contributed by atoms with Crippen LogP contribution in [0.2, 0.25) is 0 Å². The van der Waals surface area contributed by atoms with E-state index in [1.165, 1.54) is 128 Å². The fraction of sp³-hybridized carbons (Fsp3) is 0.952. The molecule has 51 heavy (non-hydrogen) atoms. The van der Waals surface area contributed by atoms with E-state index >= 15 is 0 Å². The summed E-state index contributed by atoms with van der Waals surface area (Å²) in [6.45, 7) is 0.139. The van der Waals surface area contributed by atoms with Crippen molar-refractivity contribution in [3.8, 4) is 0 Å². The van der Waals surface area contributed by atoms with Crippen LogP contribution in [-0.2, 0) is 23.8 Å². The molecule has 0 amide bonds. The maximum atomic E-state index is 12.6. The number of ether oxygens (including phenoxy) is 3. The zero-order chi connectivity index (χ0) is 37.0. The Morgan fingerprint density at radius 2 is 0.804 bits per heavy atom. The van der Waals surface area contributed by atoms with Crippen LogP contribution in [-0.4, -0.2) is 83.2 Å². The summed E-state index contributed by atoms with van der Waals surface area (Å²) in [5.74, 6) is -0.800. The number of esters is 2. The lowest BCUT2D eigenvalue weighted by molar-refractivity contribution is -0.171. The highest BCUT2D eigenvalue weighted by atomic mass is 16.6. The van der Waals surface area contributed by atoms with Crippen molar-refractivity contribution in [2.75, 3.05) is 26.4 Å². The van der Waals surface area contributed by atoms with Gasteiger partial charge < -0.3 is 34.6 Å². The van der Waals surface area contributed by atoms with Gasteiger partial charge in [-0.15, -0.1) is 0 Å². The minimum absolute atomic E-state index is 0.0335. The first-order valence-corrected chi connectivity index (χ1v) is 21.5. The fourth-order valence-corrected chi connectivity index (χ4v) is 7.09. The van der Waals surface area contributed by atoms with E-state index in [0.717, 1.165) is 64.2 Å². The summed E-state index contributed by atoms with van der Waals surface area (Å²) < 4.78 is 16.7. The van der Waals surface area contributed by atoms with Crippen LogP contribution in [0, 0.1) is 0 Å². The Labute approximate surface area is 312 Å². The quantitative estimate of drug-likeness (QED) is 0.0362. The molecular formula is C42H80O9. The average Bonchev–Trinajstić information content (AvgIpc) is 3.48. The number of unbranched alkanes of at least 4 members (excludes halogenated alkanes) is 28. The standard InChI is InChI=1S/C42H80O9/c43-33-29-25-21-17-13-9-5-1-3-7-11-15-19-23-27-31-39(47)50-38(35-45)42-41(37(46)36-49-42)51-40(48)32-28-24-20-16-12-8-4-2-6-10-14-18-22-26-30-34-44/h37-38,41-46H,1-36H2/t37-,38+,41+,42+/m0/s1. The first-order chi connectivity index (χ1) is 25.0. The van der Waals surface area contributed by atoms with Crippen LogP contribution in [0.5, 0.6) is 0 Å².